The summed E-state index contributed by atoms with van der Waals surface area (Å²) in [6.07, 6.45) is 9.58. The maximum absolute atomic E-state index is 6.22. The van der Waals surface area contributed by atoms with Crippen LogP contribution in [0.25, 0.3) is 22.1 Å². The molecule has 0 amide bonds. The number of aromatic nitrogens is 8. The Hall–Kier alpha value is -4.27. The first-order valence-electron chi connectivity index (χ1n) is 11.8. The van der Waals surface area contributed by atoms with E-state index in [9.17, 15) is 0 Å². The zero-order valence-electron chi connectivity index (χ0n) is 19.6. The largest absolute Gasteiger partial charge is 0.489 e. The molecule has 0 fully saturated rings. The fourth-order valence-electron chi connectivity index (χ4n) is 4.91. The van der Waals surface area contributed by atoms with E-state index in [0.717, 1.165) is 34.9 Å². The van der Waals surface area contributed by atoms with Crippen molar-refractivity contribution in [2.75, 3.05) is 0 Å². The first-order chi connectivity index (χ1) is 17.2. The molecule has 0 spiro atoms. The van der Waals surface area contributed by atoms with Gasteiger partial charge in [0.2, 0.25) is 0 Å². The van der Waals surface area contributed by atoms with Crippen molar-refractivity contribution in [3.63, 3.8) is 0 Å². The van der Waals surface area contributed by atoms with Crippen LogP contribution >= 0.6 is 0 Å². The van der Waals surface area contributed by atoms with Crippen LogP contribution < -0.4 is 0 Å². The second-order valence-corrected chi connectivity index (χ2v) is 8.90. The van der Waals surface area contributed by atoms with Gasteiger partial charge in [-0.05, 0) is 52.3 Å². The van der Waals surface area contributed by atoms with E-state index in [1.165, 1.54) is 10.8 Å². The zero-order chi connectivity index (χ0) is 23.8. The number of nitrogens with zero attached hydrogens (tertiary/aromatic N) is 6. The van der Waals surface area contributed by atoms with Gasteiger partial charge >= 0.3 is 0 Å². The van der Waals surface area contributed by atoms with Gasteiger partial charge in [-0.15, -0.1) is 5.10 Å². The van der Waals surface area contributed by atoms with Crippen molar-refractivity contribution in [2.45, 2.75) is 44.8 Å². The number of H-pyrrole nitrogens is 2. The average molecular weight is 467 g/mol. The normalized spacial score (nSPS) is 18.7. The van der Waals surface area contributed by atoms with Crippen LogP contribution in [0.1, 0.15) is 43.5 Å². The number of hydrogen-bond donors (Lipinski definition) is 2. The molecule has 9 nitrogen and oxygen atoms in total. The van der Waals surface area contributed by atoms with Gasteiger partial charge < -0.3 is 14.3 Å². The molecule has 9 heteroatoms. The average Bonchev–Trinajstić information content (AvgIpc) is 3.65. The van der Waals surface area contributed by atoms with Gasteiger partial charge in [0.15, 0.2) is 17.1 Å². The van der Waals surface area contributed by atoms with Gasteiger partial charge in [-0.2, -0.15) is 0 Å². The van der Waals surface area contributed by atoms with Gasteiger partial charge in [-0.3, -0.25) is 0 Å². The fourth-order valence-corrected chi connectivity index (χ4v) is 4.91. The summed E-state index contributed by atoms with van der Waals surface area (Å²) in [4.78, 5) is 12.6. The molecule has 0 bridgehead atoms. The van der Waals surface area contributed by atoms with Gasteiger partial charge in [0.25, 0.3) is 0 Å². The Morgan fingerprint density at radius 2 is 2.06 bits per heavy atom. The summed E-state index contributed by atoms with van der Waals surface area (Å²) in [6, 6.07) is 14.6. The highest BCUT2D eigenvalue weighted by molar-refractivity contribution is 5.85. The summed E-state index contributed by atoms with van der Waals surface area (Å²) >= 11 is 0. The molecule has 0 saturated heterocycles. The maximum atomic E-state index is 6.22. The van der Waals surface area contributed by atoms with E-state index in [2.05, 4.69) is 104 Å². The third-order valence-electron chi connectivity index (χ3n) is 7.02. The molecule has 6 rings (SSSR count). The summed E-state index contributed by atoms with van der Waals surface area (Å²) in [6.45, 7) is 4.71. The Morgan fingerprint density at radius 1 is 1.17 bits per heavy atom. The molecule has 2 atom stereocenters. The molecule has 1 aliphatic rings. The molecule has 2 aromatic carbocycles. The third kappa shape index (κ3) is 3.60. The first-order valence-corrected chi connectivity index (χ1v) is 11.8. The molecular weight excluding hydrogens is 440 g/mol. The Morgan fingerprint density at radius 3 is 2.86 bits per heavy atom. The van der Waals surface area contributed by atoms with Crippen molar-refractivity contribution in [1.82, 2.24) is 40.1 Å². The van der Waals surface area contributed by atoms with Crippen molar-refractivity contribution in [2.24, 2.45) is 0 Å². The van der Waals surface area contributed by atoms with Crippen molar-refractivity contribution in [1.29, 1.82) is 0 Å². The lowest BCUT2D eigenvalue weighted by molar-refractivity contribution is 0.205. The van der Waals surface area contributed by atoms with Crippen LogP contribution in [0.5, 0.6) is 0 Å². The standard InChI is InChI=1S/C26H26N8O/c1-3-22-28-23-24(29-22)34(16-27-23)17(2)26(25-30-32-33-31-25)13-11-20(12-14-26)35-15-19-9-6-8-18-7-4-5-10-21(18)19/h4-13,16-17H,3,14-15H2,1-2H3,(H,28,29)(H,30,31,32,33). The third-order valence-corrected chi connectivity index (χ3v) is 7.02. The van der Waals surface area contributed by atoms with Crippen molar-refractivity contribution >= 4 is 22.1 Å². The zero-order valence-corrected chi connectivity index (χ0v) is 19.6. The molecule has 0 aliphatic heterocycles. The molecule has 3 aromatic heterocycles. The Bertz CT molecular complexity index is 1540. The second-order valence-electron chi connectivity index (χ2n) is 8.90. The molecule has 2 N–H and O–H groups in total. The number of hydrogen-bond acceptors (Lipinski definition) is 6. The van der Waals surface area contributed by atoms with Crippen LogP contribution in [0.2, 0.25) is 0 Å². The minimum absolute atomic E-state index is 0.0534. The lowest BCUT2D eigenvalue weighted by Gasteiger charge is -2.36. The van der Waals surface area contributed by atoms with Crippen LogP contribution in [-0.4, -0.2) is 40.1 Å². The minimum Gasteiger partial charge on any atom is -0.489 e. The molecule has 0 saturated carbocycles. The Kier molecular flexibility index (Phi) is 5.17. The Balaban J connectivity index is 1.28. The van der Waals surface area contributed by atoms with Crippen molar-refractivity contribution < 1.29 is 4.74 Å². The maximum Gasteiger partial charge on any atom is 0.179 e. The van der Waals surface area contributed by atoms with Crippen LogP contribution in [0.4, 0.5) is 0 Å². The summed E-state index contributed by atoms with van der Waals surface area (Å²) in [5, 5.41) is 17.4. The van der Waals surface area contributed by atoms with Crippen LogP contribution in [0.15, 0.2) is 72.8 Å². The SMILES string of the molecule is CCc1nc2c(ncn2C(C)C2(c3nnn[nH]3)C=CC(OCc3cccc4ccccc34)=CC2)[nH]1. The number of nitrogens with one attached hydrogen (secondary N) is 2. The topological polar surface area (TPSA) is 110 Å². The monoisotopic (exact) mass is 466 g/mol. The molecule has 5 aromatic rings. The summed E-state index contributed by atoms with van der Waals surface area (Å²) < 4.78 is 8.31. The minimum atomic E-state index is -0.505. The number of tetrazole rings is 1. The lowest BCUT2D eigenvalue weighted by atomic mass is 9.74. The van der Waals surface area contributed by atoms with E-state index in [1.807, 2.05) is 12.4 Å². The van der Waals surface area contributed by atoms with E-state index in [-0.39, 0.29) is 6.04 Å². The van der Waals surface area contributed by atoms with E-state index >= 15 is 0 Å². The van der Waals surface area contributed by atoms with Gasteiger partial charge in [-0.1, -0.05) is 55.5 Å². The van der Waals surface area contributed by atoms with Crippen LogP contribution in [0.3, 0.4) is 0 Å². The number of benzene rings is 2. The first kappa shape index (κ1) is 21.3. The van der Waals surface area contributed by atoms with Gasteiger partial charge in [0.1, 0.15) is 18.2 Å². The predicted molar refractivity (Wildman–Crippen MR) is 132 cm³/mol. The van der Waals surface area contributed by atoms with Gasteiger partial charge in [-0.25, -0.2) is 15.1 Å². The number of aromatic amines is 2. The molecule has 2 unspecified atom stereocenters. The van der Waals surface area contributed by atoms with E-state index in [0.29, 0.717) is 18.9 Å². The van der Waals surface area contributed by atoms with Crippen LogP contribution in [0, 0.1) is 0 Å². The Labute approximate surface area is 201 Å². The van der Waals surface area contributed by atoms with Crippen molar-refractivity contribution in [3.8, 4) is 0 Å². The quantitative estimate of drug-likeness (QED) is 0.364. The summed E-state index contributed by atoms with van der Waals surface area (Å²) in [7, 11) is 0. The summed E-state index contributed by atoms with van der Waals surface area (Å²) in [5.41, 5.74) is 2.27. The van der Waals surface area contributed by atoms with Gasteiger partial charge in [0, 0.05) is 6.42 Å². The molecule has 35 heavy (non-hydrogen) atoms. The number of imidazole rings is 2. The molecule has 176 valence electrons. The second kappa shape index (κ2) is 8.50. The number of aryl methyl sites for hydroxylation is 1. The van der Waals surface area contributed by atoms with Gasteiger partial charge in [0.05, 0.1) is 17.8 Å². The highest BCUT2D eigenvalue weighted by Crippen LogP contribution is 2.42. The van der Waals surface area contributed by atoms with E-state index in [4.69, 9.17) is 9.72 Å². The lowest BCUT2D eigenvalue weighted by Crippen LogP contribution is -2.36. The number of fused-ring (bicyclic) bond motifs is 2. The van der Waals surface area contributed by atoms with E-state index < -0.39 is 5.41 Å². The molecular formula is C26H26N8O. The smallest absolute Gasteiger partial charge is 0.179 e. The molecule has 3 heterocycles. The van der Waals surface area contributed by atoms with Crippen molar-refractivity contribution in [3.05, 3.63) is 90.0 Å². The highest BCUT2D eigenvalue weighted by atomic mass is 16.5. The molecule has 0 radical (unpaired) electrons. The number of ether oxygens (including phenoxy) is 1. The fraction of sp³-hybridized carbons (Fsp3) is 0.269. The molecule has 1 aliphatic carbocycles. The highest BCUT2D eigenvalue weighted by Gasteiger charge is 2.41. The van der Waals surface area contributed by atoms with E-state index in [1.54, 1.807) is 0 Å². The predicted octanol–water partition coefficient (Wildman–Crippen LogP) is 4.55. The number of allylic oxidation sites excluding steroid dienone is 3. The van der Waals surface area contributed by atoms with Crippen LogP contribution in [-0.2, 0) is 23.2 Å². The number of rotatable bonds is 7. The summed E-state index contributed by atoms with van der Waals surface area (Å²) in [5.74, 6) is 2.44.